The maximum absolute atomic E-state index is 12.7. The smallest absolute Gasteiger partial charge is 0.252 e. The van der Waals surface area contributed by atoms with Crippen LogP contribution in [0.5, 0.6) is 0 Å². The number of nitrogens with one attached hydrogen (secondary N) is 2. The number of thioether (sulfide) groups is 1. The molecule has 5 nitrogen and oxygen atoms in total. The lowest BCUT2D eigenvalue weighted by molar-refractivity contribution is -0.113. The van der Waals surface area contributed by atoms with E-state index >= 15 is 0 Å². The molecular weight excluding hydrogens is 384 g/mol. The van der Waals surface area contributed by atoms with E-state index in [2.05, 4.69) is 10.6 Å². The summed E-state index contributed by atoms with van der Waals surface area (Å²) >= 11 is 1.34. The lowest BCUT2D eigenvalue weighted by Gasteiger charge is -2.10. The number of amides is 2. The second-order valence-corrected chi connectivity index (χ2v) is 7.84. The minimum Gasteiger partial charge on any atom is -0.466 e. The van der Waals surface area contributed by atoms with E-state index in [1.165, 1.54) is 11.8 Å². The maximum Gasteiger partial charge on any atom is 0.252 e. The van der Waals surface area contributed by atoms with Crippen molar-refractivity contribution in [3.63, 3.8) is 0 Å². The Hall–Kier alpha value is -2.99. The van der Waals surface area contributed by atoms with Gasteiger partial charge in [0, 0.05) is 22.7 Å². The molecule has 150 valence electrons. The van der Waals surface area contributed by atoms with Gasteiger partial charge in [-0.05, 0) is 51.1 Å². The van der Waals surface area contributed by atoms with Crippen LogP contribution < -0.4 is 10.6 Å². The molecule has 6 heteroatoms. The predicted octanol–water partition coefficient (Wildman–Crippen LogP) is 4.87. The molecule has 0 saturated heterocycles. The van der Waals surface area contributed by atoms with Crippen molar-refractivity contribution in [3.05, 3.63) is 82.8 Å². The summed E-state index contributed by atoms with van der Waals surface area (Å²) in [4.78, 5) is 25.7. The summed E-state index contributed by atoms with van der Waals surface area (Å²) in [6.45, 7) is 6.16. The molecule has 2 N–H and O–H groups in total. The number of anilines is 1. The summed E-state index contributed by atoms with van der Waals surface area (Å²) in [5.41, 5.74) is 3.41. The molecule has 3 aromatic rings. The van der Waals surface area contributed by atoms with Gasteiger partial charge in [0.15, 0.2) is 0 Å². The lowest BCUT2D eigenvalue weighted by atomic mass is 10.2. The zero-order chi connectivity index (χ0) is 20.8. The Morgan fingerprint density at radius 1 is 1.00 bits per heavy atom. The highest BCUT2D eigenvalue weighted by Crippen LogP contribution is 2.23. The van der Waals surface area contributed by atoms with Crippen LogP contribution in [0.3, 0.4) is 0 Å². The van der Waals surface area contributed by atoms with Crippen molar-refractivity contribution in [1.82, 2.24) is 5.32 Å². The Morgan fingerprint density at radius 3 is 2.41 bits per heavy atom. The monoisotopic (exact) mass is 408 g/mol. The van der Waals surface area contributed by atoms with Gasteiger partial charge in [0.1, 0.15) is 11.5 Å². The van der Waals surface area contributed by atoms with E-state index < -0.39 is 0 Å². The SMILES string of the molecule is Cc1ccc(NC(=O)CSc2ccccc2C(=O)NCc2cc(C)oc2C)cc1. The molecule has 0 radical (unpaired) electrons. The normalized spacial score (nSPS) is 10.6. The molecule has 0 spiro atoms. The van der Waals surface area contributed by atoms with E-state index in [9.17, 15) is 9.59 Å². The topological polar surface area (TPSA) is 71.3 Å². The van der Waals surface area contributed by atoms with E-state index in [-0.39, 0.29) is 17.6 Å². The van der Waals surface area contributed by atoms with Crippen LogP contribution in [-0.2, 0) is 11.3 Å². The molecule has 0 fully saturated rings. The van der Waals surface area contributed by atoms with E-state index in [0.717, 1.165) is 33.2 Å². The van der Waals surface area contributed by atoms with Gasteiger partial charge in [-0.1, -0.05) is 29.8 Å². The average molecular weight is 409 g/mol. The van der Waals surface area contributed by atoms with Gasteiger partial charge in [-0.15, -0.1) is 11.8 Å². The van der Waals surface area contributed by atoms with Crippen LogP contribution in [-0.4, -0.2) is 17.6 Å². The zero-order valence-electron chi connectivity index (χ0n) is 16.7. The standard InChI is InChI=1S/C23H24N2O3S/c1-15-8-10-19(11-9-15)25-22(26)14-29-21-7-5-4-6-20(21)23(27)24-13-18-12-16(2)28-17(18)3/h4-12H,13-14H2,1-3H3,(H,24,27)(H,25,26). The summed E-state index contributed by atoms with van der Waals surface area (Å²) in [6.07, 6.45) is 0. The number of furan rings is 1. The summed E-state index contributed by atoms with van der Waals surface area (Å²) in [5.74, 6) is 1.56. The Labute approximate surface area is 174 Å². The van der Waals surface area contributed by atoms with Crippen LogP contribution in [0.15, 0.2) is 63.9 Å². The summed E-state index contributed by atoms with van der Waals surface area (Å²) < 4.78 is 5.50. The fourth-order valence-corrected chi connectivity index (χ4v) is 3.74. The number of carbonyl (C=O) groups excluding carboxylic acids is 2. The molecule has 0 saturated carbocycles. The van der Waals surface area contributed by atoms with Crippen molar-refractivity contribution >= 4 is 29.3 Å². The first-order valence-corrected chi connectivity index (χ1v) is 10.3. The van der Waals surface area contributed by atoms with E-state index in [0.29, 0.717) is 12.1 Å². The molecule has 0 unspecified atom stereocenters. The summed E-state index contributed by atoms with van der Waals surface area (Å²) in [6, 6.07) is 16.9. The minimum atomic E-state index is -0.176. The third-order valence-electron chi connectivity index (χ3n) is 4.41. The van der Waals surface area contributed by atoms with E-state index in [1.54, 1.807) is 6.07 Å². The molecule has 1 aromatic heterocycles. The van der Waals surface area contributed by atoms with Crippen molar-refractivity contribution in [2.45, 2.75) is 32.2 Å². The van der Waals surface area contributed by atoms with E-state index in [4.69, 9.17) is 4.42 Å². The van der Waals surface area contributed by atoms with Crippen LogP contribution >= 0.6 is 11.8 Å². The Balaban J connectivity index is 1.59. The van der Waals surface area contributed by atoms with Crippen LogP contribution in [0.4, 0.5) is 5.69 Å². The number of carbonyl (C=O) groups is 2. The van der Waals surface area contributed by atoms with Gasteiger partial charge in [-0.3, -0.25) is 9.59 Å². The molecular formula is C23H24N2O3S. The van der Waals surface area contributed by atoms with Gasteiger partial charge in [0.05, 0.1) is 11.3 Å². The summed E-state index contributed by atoms with van der Waals surface area (Å²) in [7, 11) is 0. The van der Waals surface area contributed by atoms with Crippen molar-refractivity contribution in [2.75, 3.05) is 11.1 Å². The largest absolute Gasteiger partial charge is 0.466 e. The van der Waals surface area contributed by atoms with Gasteiger partial charge in [0.25, 0.3) is 5.91 Å². The molecule has 0 aliphatic carbocycles. The Bertz CT molecular complexity index is 1010. The molecule has 29 heavy (non-hydrogen) atoms. The number of aryl methyl sites for hydroxylation is 3. The second-order valence-electron chi connectivity index (χ2n) is 6.82. The van der Waals surface area contributed by atoms with Crippen molar-refractivity contribution in [3.8, 4) is 0 Å². The van der Waals surface area contributed by atoms with Gasteiger partial charge >= 0.3 is 0 Å². The molecule has 0 atom stereocenters. The first-order chi connectivity index (χ1) is 13.9. The second kappa shape index (κ2) is 9.47. The fraction of sp³-hybridized carbons (Fsp3) is 0.217. The molecule has 2 aromatic carbocycles. The predicted molar refractivity (Wildman–Crippen MR) is 116 cm³/mol. The summed E-state index contributed by atoms with van der Waals surface area (Å²) in [5, 5.41) is 5.80. The Morgan fingerprint density at radius 2 is 1.72 bits per heavy atom. The molecule has 3 rings (SSSR count). The van der Waals surface area contributed by atoms with Gasteiger partial charge in [-0.2, -0.15) is 0 Å². The average Bonchev–Trinajstić information content (AvgIpc) is 3.03. The number of benzene rings is 2. The molecule has 0 aliphatic rings. The lowest BCUT2D eigenvalue weighted by Crippen LogP contribution is -2.23. The third kappa shape index (κ3) is 5.74. The number of hydrogen-bond donors (Lipinski definition) is 2. The minimum absolute atomic E-state index is 0.112. The van der Waals surface area contributed by atoms with Crippen LogP contribution in [0, 0.1) is 20.8 Å². The molecule has 1 heterocycles. The third-order valence-corrected chi connectivity index (χ3v) is 5.48. The number of hydrogen-bond acceptors (Lipinski definition) is 4. The number of rotatable bonds is 7. The van der Waals surface area contributed by atoms with Crippen LogP contribution in [0.25, 0.3) is 0 Å². The maximum atomic E-state index is 12.7. The van der Waals surface area contributed by atoms with Gasteiger partial charge < -0.3 is 15.1 Å². The van der Waals surface area contributed by atoms with Crippen molar-refractivity contribution < 1.29 is 14.0 Å². The molecule has 0 bridgehead atoms. The van der Waals surface area contributed by atoms with Gasteiger partial charge in [0.2, 0.25) is 5.91 Å². The van der Waals surface area contributed by atoms with E-state index in [1.807, 2.05) is 69.3 Å². The molecule has 2 amide bonds. The Kier molecular flexibility index (Phi) is 6.77. The fourth-order valence-electron chi connectivity index (χ4n) is 2.89. The van der Waals surface area contributed by atoms with Crippen LogP contribution in [0.2, 0.25) is 0 Å². The first-order valence-electron chi connectivity index (χ1n) is 9.35. The quantitative estimate of drug-likeness (QED) is 0.548. The highest BCUT2D eigenvalue weighted by atomic mass is 32.2. The van der Waals surface area contributed by atoms with Gasteiger partial charge in [-0.25, -0.2) is 0 Å². The highest BCUT2D eigenvalue weighted by Gasteiger charge is 2.14. The van der Waals surface area contributed by atoms with Crippen molar-refractivity contribution in [2.24, 2.45) is 0 Å². The highest BCUT2D eigenvalue weighted by molar-refractivity contribution is 8.00. The van der Waals surface area contributed by atoms with Crippen molar-refractivity contribution in [1.29, 1.82) is 0 Å². The van der Waals surface area contributed by atoms with Crippen LogP contribution in [0.1, 0.15) is 33.0 Å². The zero-order valence-corrected chi connectivity index (χ0v) is 17.6. The first kappa shape index (κ1) is 20.7. The molecule has 0 aliphatic heterocycles.